The molecule has 0 unspecified atom stereocenters. The quantitative estimate of drug-likeness (QED) is 0.336. The SMILES string of the molecule is COc1cc(C(F)(F)F)ccc1-c1ncnc2cc(SCc3ccccc3)ccc12. The number of halogens is 3. The van der Waals surface area contributed by atoms with Crippen molar-refractivity contribution in [3.8, 4) is 17.0 Å². The Morgan fingerprint density at radius 2 is 1.73 bits per heavy atom. The molecule has 0 saturated heterocycles. The van der Waals surface area contributed by atoms with E-state index < -0.39 is 11.7 Å². The van der Waals surface area contributed by atoms with Gasteiger partial charge in [0.1, 0.15) is 12.1 Å². The molecule has 0 saturated carbocycles. The highest BCUT2D eigenvalue weighted by atomic mass is 32.2. The molecule has 0 radical (unpaired) electrons. The van der Waals surface area contributed by atoms with Gasteiger partial charge in [0, 0.05) is 21.6 Å². The maximum absolute atomic E-state index is 13.0. The summed E-state index contributed by atoms with van der Waals surface area (Å²) in [5, 5.41) is 0.750. The van der Waals surface area contributed by atoms with Crippen LogP contribution in [0.4, 0.5) is 13.2 Å². The predicted octanol–water partition coefficient (Wildman–Crippen LogP) is 6.62. The van der Waals surface area contributed by atoms with Gasteiger partial charge < -0.3 is 4.74 Å². The number of alkyl halides is 3. The van der Waals surface area contributed by atoms with Crippen molar-refractivity contribution in [2.24, 2.45) is 0 Å². The molecule has 0 bridgehead atoms. The van der Waals surface area contributed by atoms with E-state index in [1.807, 2.05) is 36.4 Å². The zero-order valence-corrected chi connectivity index (χ0v) is 16.8. The molecular weight excluding hydrogens is 409 g/mol. The van der Waals surface area contributed by atoms with Gasteiger partial charge in [0.15, 0.2) is 0 Å². The van der Waals surface area contributed by atoms with Crippen molar-refractivity contribution in [1.29, 1.82) is 0 Å². The number of hydrogen-bond acceptors (Lipinski definition) is 4. The molecule has 3 nitrogen and oxygen atoms in total. The minimum absolute atomic E-state index is 0.118. The molecule has 0 amide bonds. The molecule has 152 valence electrons. The summed E-state index contributed by atoms with van der Waals surface area (Å²) in [5.41, 5.74) is 2.20. The number of nitrogens with zero attached hydrogens (tertiary/aromatic N) is 2. The van der Waals surface area contributed by atoms with E-state index in [-0.39, 0.29) is 5.75 Å². The van der Waals surface area contributed by atoms with E-state index >= 15 is 0 Å². The third kappa shape index (κ3) is 4.26. The summed E-state index contributed by atoms with van der Waals surface area (Å²) in [6, 6.07) is 19.4. The van der Waals surface area contributed by atoms with Crippen molar-refractivity contribution in [1.82, 2.24) is 9.97 Å². The summed E-state index contributed by atoms with van der Waals surface area (Å²) in [7, 11) is 1.35. The number of ether oxygens (including phenoxy) is 1. The number of hydrogen-bond donors (Lipinski definition) is 0. The average molecular weight is 426 g/mol. The summed E-state index contributed by atoms with van der Waals surface area (Å²) < 4.78 is 44.4. The maximum atomic E-state index is 13.0. The first kappa shape index (κ1) is 20.2. The first-order valence-electron chi connectivity index (χ1n) is 9.13. The van der Waals surface area contributed by atoms with Crippen LogP contribution in [0.3, 0.4) is 0 Å². The highest BCUT2D eigenvalue weighted by Gasteiger charge is 2.31. The molecule has 1 aromatic heterocycles. The Bertz CT molecular complexity index is 1180. The van der Waals surface area contributed by atoms with Crippen molar-refractivity contribution in [3.63, 3.8) is 0 Å². The molecule has 4 aromatic rings. The lowest BCUT2D eigenvalue weighted by Crippen LogP contribution is -2.05. The third-order valence-electron chi connectivity index (χ3n) is 4.64. The second-order valence-electron chi connectivity index (χ2n) is 6.59. The third-order valence-corrected chi connectivity index (χ3v) is 5.71. The van der Waals surface area contributed by atoms with E-state index in [1.54, 1.807) is 11.8 Å². The highest BCUT2D eigenvalue weighted by Crippen LogP contribution is 2.38. The molecule has 0 spiro atoms. The van der Waals surface area contributed by atoms with Crippen molar-refractivity contribution < 1.29 is 17.9 Å². The van der Waals surface area contributed by atoms with E-state index in [1.165, 1.54) is 25.1 Å². The van der Waals surface area contributed by atoms with E-state index in [0.29, 0.717) is 11.3 Å². The smallest absolute Gasteiger partial charge is 0.416 e. The van der Waals surface area contributed by atoms with Crippen LogP contribution in [-0.2, 0) is 11.9 Å². The first-order chi connectivity index (χ1) is 14.5. The number of aromatic nitrogens is 2. The van der Waals surface area contributed by atoms with Gasteiger partial charge in [-0.25, -0.2) is 9.97 Å². The zero-order valence-electron chi connectivity index (χ0n) is 16.0. The molecule has 30 heavy (non-hydrogen) atoms. The van der Waals surface area contributed by atoms with Gasteiger partial charge >= 0.3 is 6.18 Å². The van der Waals surface area contributed by atoms with Crippen molar-refractivity contribution in [3.05, 3.63) is 84.2 Å². The van der Waals surface area contributed by atoms with E-state index in [9.17, 15) is 13.2 Å². The normalized spacial score (nSPS) is 11.6. The van der Waals surface area contributed by atoms with Crippen LogP contribution < -0.4 is 4.74 Å². The molecule has 0 atom stereocenters. The van der Waals surface area contributed by atoms with Crippen LogP contribution in [0.25, 0.3) is 22.2 Å². The lowest BCUT2D eigenvalue weighted by molar-refractivity contribution is -0.137. The van der Waals surface area contributed by atoms with Crippen LogP contribution in [0.5, 0.6) is 5.75 Å². The minimum Gasteiger partial charge on any atom is -0.496 e. The van der Waals surface area contributed by atoms with Gasteiger partial charge in [-0.05, 0) is 42.0 Å². The molecule has 7 heteroatoms. The fraction of sp³-hybridized carbons (Fsp3) is 0.130. The Hall–Kier alpha value is -3.06. The summed E-state index contributed by atoms with van der Waals surface area (Å²) in [6.45, 7) is 0. The topological polar surface area (TPSA) is 35.0 Å². The minimum atomic E-state index is -4.44. The van der Waals surface area contributed by atoms with E-state index in [4.69, 9.17) is 4.74 Å². The standard InChI is InChI=1S/C23H17F3N2OS/c1-29-21-11-16(23(24,25)26)7-9-19(21)22-18-10-8-17(12-20(18)27-14-28-22)30-13-15-5-3-2-4-6-15/h2-12,14H,13H2,1H3. The lowest BCUT2D eigenvalue weighted by atomic mass is 10.0. The van der Waals surface area contributed by atoms with Crippen molar-refractivity contribution >= 4 is 22.7 Å². The zero-order chi connectivity index (χ0) is 21.1. The average Bonchev–Trinajstić information content (AvgIpc) is 2.76. The second kappa shape index (κ2) is 8.36. The summed E-state index contributed by atoms with van der Waals surface area (Å²) >= 11 is 1.69. The van der Waals surface area contributed by atoms with Gasteiger partial charge in [-0.2, -0.15) is 13.2 Å². The molecule has 0 aliphatic carbocycles. The first-order valence-corrected chi connectivity index (χ1v) is 10.1. The summed E-state index contributed by atoms with van der Waals surface area (Å²) in [5.74, 6) is 0.948. The van der Waals surface area contributed by atoms with Gasteiger partial charge in [-0.15, -0.1) is 11.8 Å². The predicted molar refractivity (Wildman–Crippen MR) is 113 cm³/mol. The Labute approximate surface area is 175 Å². The van der Waals surface area contributed by atoms with Crippen LogP contribution >= 0.6 is 11.8 Å². The molecule has 0 N–H and O–H groups in total. The van der Waals surface area contributed by atoms with Gasteiger partial charge in [0.25, 0.3) is 0 Å². The van der Waals surface area contributed by atoms with Gasteiger partial charge in [0.05, 0.1) is 23.9 Å². The number of methoxy groups -OCH3 is 1. The fourth-order valence-electron chi connectivity index (χ4n) is 3.15. The van der Waals surface area contributed by atoms with Crippen LogP contribution in [-0.4, -0.2) is 17.1 Å². The van der Waals surface area contributed by atoms with Crippen LogP contribution in [0.2, 0.25) is 0 Å². The van der Waals surface area contributed by atoms with Crippen LogP contribution in [0.1, 0.15) is 11.1 Å². The van der Waals surface area contributed by atoms with Crippen molar-refractivity contribution in [2.75, 3.05) is 7.11 Å². The molecular formula is C23H17F3N2OS. The molecule has 0 fully saturated rings. The largest absolute Gasteiger partial charge is 0.496 e. The molecule has 0 aliphatic rings. The van der Waals surface area contributed by atoms with Gasteiger partial charge in [-0.3, -0.25) is 0 Å². The maximum Gasteiger partial charge on any atom is 0.416 e. The molecule has 1 heterocycles. The Morgan fingerprint density at radius 3 is 2.47 bits per heavy atom. The van der Waals surface area contributed by atoms with Crippen LogP contribution in [0.15, 0.2) is 78.0 Å². The number of fused-ring (bicyclic) bond motifs is 1. The molecule has 3 aromatic carbocycles. The van der Waals surface area contributed by atoms with Gasteiger partial charge in [-0.1, -0.05) is 30.3 Å². The van der Waals surface area contributed by atoms with Crippen LogP contribution in [0, 0.1) is 0 Å². The van der Waals surface area contributed by atoms with Gasteiger partial charge in [0.2, 0.25) is 0 Å². The highest BCUT2D eigenvalue weighted by molar-refractivity contribution is 7.98. The second-order valence-corrected chi connectivity index (χ2v) is 7.64. The number of thioether (sulfide) groups is 1. The molecule has 4 rings (SSSR count). The Kier molecular flexibility index (Phi) is 5.63. The Balaban J connectivity index is 1.69. The van der Waals surface area contributed by atoms with E-state index in [2.05, 4.69) is 22.1 Å². The summed E-state index contributed by atoms with van der Waals surface area (Å²) in [4.78, 5) is 9.72. The summed E-state index contributed by atoms with van der Waals surface area (Å²) in [6.07, 6.45) is -3.02. The van der Waals surface area contributed by atoms with E-state index in [0.717, 1.165) is 33.7 Å². The van der Waals surface area contributed by atoms with Crippen molar-refractivity contribution in [2.45, 2.75) is 16.8 Å². The fourth-order valence-corrected chi connectivity index (χ4v) is 4.03. The number of rotatable bonds is 5. The number of benzene rings is 3. The lowest BCUT2D eigenvalue weighted by Gasteiger charge is -2.13. The monoisotopic (exact) mass is 426 g/mol. The molecule has 0 aliphatic heterocycles. The Morgan fingerprint density at radius 1 is 0.933 bits per heavy atom.